The molecule has 0 unspecified atom stereocenters. The Balaban J connectivity index is 0. The fourth-order valence-corrected chi connectivity index (χ4v) is 1.90. The highest BCUT2D eigenvalue weighted by molar-refractivity contribution is 6.17. The van der Waals surface area contributed by atoms with Crippen molar-refractivity contribution in [2.24, 2.45) is 0 Å². The lowest BCUT2D eigenvalue weighted by atomic mass is 10.2. The smallest absolute Gasteiger partial charge is 0.0782 e. The Labute approximate surface area is 107 Å². The molecule has 0 aliphatic heterocycles. The molecule has 1 nitrogen and oxygen atoms in total. The summed E-state index contributed by atoms with van der Waals surface area (Å²) in [6.45, 7) is 4.86. The van der Waals surface area contributed by atoms with Gasteiger partial charge in [-0.25, -0.2) is 0 Å². The van der Waals surface area contributed by atoms with E-state index < -0.39 is 0 Å². The van der Waals surface area contributed by atoms with Crippen molar-refractivity contribution in [3.05, 3.63) is 0 Å². The van der Waals surface area contributed by atoms with Crippen LogP contribution in [0.25, 0.3) is 0 Å². The monoisotopic (exact) mass is 255 g/mol. The second-order valence-electron chi connectivity index (χ2n) is 4.84. The predicted octanol–water partition coefficient (Wildman–Crippen LogP) is 0.666. The second kappa shape index (κ2) is 11.0. The Morgan fingerprint density at radius 2 is 1.40 bits per heavy atom. The quantitative estimate of drug-likeness (QED) is 0.323. The van der Waals surface area contributed by atoms with Crippen LogP contribution in [0.3, 0.4) is 0 Å². The third-order valence-electron chi connectivity index (χ3n) is 2.76. The van der Waals surface area contributed by atoms with E-state index in [1.54, 1.807) is 0 Å². The minimum atomic E-state index is 0. The third kappa shape index (κ3) is 12.5. The van der Waals surface area contributed by atoms with Crippen LogP contribution in [0.2, 0.25) is 0 Å². The van der Waals surface area contributed by atoms with E-state index in [1.165, 1.54) is 49.7 Å². The molecule has 0 radical (unpaired) electrons. The first-order valence-electron chi connectivity index (χ1n) is 6.00. The Morgan fingerprint density at radius 1 is 0.867 bits per heavy atom. The number of unbranched alkanes of at least 4 members (excludes halogenated alkanes) is 4. The standard InChI is InChI=1S/C12H27ClN.ClH/c1-4-5-6-8-11-14(2,3)12-9-7-10-13;/h4-12H2,1-3H3;1H/q+1;/p-1. The SMILES string of the molecule is CCCCCC[N+](C)(C)CCCCCl.[Cl-]. The maximum Gasteiger partial charge on any atom is 0.0782 e. The van der Waals surface area contributed by atoms with E-state index in [9.17, 15) is 0 Å². The van der Waals surface area contributed by atoms with Crippen molar-refractivity contribution < 1.29 is 16.9 Å². The minimum Gasteiger partial charge on any atom is -1.00 e. The third-order valence-corrected chi connectivity index (χ3v) is 3.03. The zero-order valence-electron chi connectivity index (χ0n) is 10.6. The fraction of sp³-hybridized carbons (Fsp3) is 1.00. The van der Waals surface area contributed by atoms with Crippen LogP contribution >= 0.6 is 11.6 Å². The summed E-state index contributed by atoms with van der Waals surface area (Å²) in [5.74, 6) is 0.815. The molecule has 0 heterocycles. The van der Waals surface area contributed by atoms with Crippen molar-refractivity contribution in [2.45, 2.75) is 45.4 Å². The lowest BCUT2D eigenvalue weighted by Crippen LogP contribution is -3.00. The van der Waals surface area contributed by atoms with E-state index in [2.05, 4.69) is 21.0 Å². The lowest BCUT2D eigenvalue weighted by Gasteiger charge is -2.29. The van der Waals surface area contributed by atoms with Gasteiger partial charge in [0.15, 0.2) is 0 Å². The van der Waals surface area contributed by atoms with Gasteiger partial charge in [0.25, 0.3) is 0 Å². The van der Waals surface area contributed by atoms with Crippen molar-refractivity contribution in [3.63, 3.8) is 0 Å². The number of quaternary nitrogens is 1. The van der Waals surface area contributed by atoms with Gasteiger partial charge in [0.05, 0.1) is 27.2 Å². The van der Waals surface area contributed by atoms with Gasteiger partial charge in [-0.05, 0) is 25.7 Å². The van der Waals surface area contributed by atoms with Crippen molar-refractivity contribution in [1.29, 1.82) is 0 Å². The molecular formula is C12H27Cl2N. The van der Waals surface area contributed by atoms with Crippen LogP contribution in [0, 0.1) is 0 Å². The summed E-state index contributed by atoms with van der Waals surface area (Å²) in [5, 5.41) is 0. The first kappa shape index (κ1) is 17.9. The molecule has 0 aromatic rings. The summed E-state index contributed by atoms with van der Waals surface area (Å²) in [6.07, 6.45) is 7.93. The maximum absolute atomic E-state index is 5.67. The Morgan fingerprint density at radius 3 is 1.87 bits per heavy atom. The number of rotatable bonds is 9. The van der Waals surface area contributed by atoms with Crippen LogP contribution in [0.1, 0.15) is 45.4 Å². The topological polar surface area (TPSA) is 0 Å². The fourth-order valence-electron chi connectivity index (χ4n) is 1.71. The first-order valence-corrected chi connectivity index (χ1v) is 6.54. The Hall–Kier alpha value is 0.540. The number of nitrogens with zero attached hydrogens (tertiary/aromatic N) is 1. The number of alkyl halides is 1. The number of halogens is 2. The highest BCUT2D eigenvalue weighted by Gasteiger charge is 2.12. The average Bonchev–Trinajstić information content (AvgIpc) is 2.13. The summed E-state index contributed by atoms with van der Waals surface area (Å²) in [4.78, 5) is 0. The lowest BCUT2D eigenvalue weighted by molar-refractivity contribution is -0.890. The molecule has 0 saturated carbocycles. The molecule has 0 atom stereocenters. The maximum atomic E-state index is 5.67. The summed E-state index contributed by atoms with van der Waals surface area (Å²) >= 11 is 5.67. The van der Waals surface area contributed by atoms with Gasteiger partial charge < -0.3 is 16.9 Å². The van der Waals surface area contributed by atoms with Gasteiger partial charge in [-0.1, -0.05) is 19.8 Å². The molecule has 0 aromatic carbocycles. The zero-order chi connectivity index (χ0) is 10.9. The molecule has 0 aliphatic carbocycles. The van der Waals surface area contributed by atoms with Crippen LogP contribution < -0.4 is 12.4 Å². The highest BCUT2D eigenvalue weighted by atomic mass is 35.5. The van der Waals surface area contributed by atoms with Crippen molar-refractivity contribution in [1.82, 2.24) is 0 Å². The van der Waals surface area contributed by atoms with Crippen molar-refractivity contribution in [2.75, 3.05) is 33.1 Å². The molecule has 3 heteroatoms. The van der Waals surface area contributed by atoms with Crippen LogP contribution in [-0.2, 0) is 0 Å². The molecule has 0 rings (SSSR count). The van der Waals surface area contributed by atoms with Gasteiger partial charge in [0, 0.05) is 5.88 Å². The van der Waals surface area contributed by atoms with E-state index >= 15 is 0 Å². The van der Waals surface area contributed by atoms with Gasteiger partial charge >= 0.3 is 0 Å². The Kier molecular flexibility index (Phi) is 13.2. The molecule has 15 heavy (non-hydrogen) atoms. The molecule has 0 saturated heterocycles. The summed E-state index contributed by atoms with van der Waals surface area (Å²) in [6, 6.07) is 0. The molecule has 94 valence electrons. The molecule has 0 spiro atoms. The number of hydrogen-bond acceptors (Lipinski definition) is 0. The average molecular weight is 256 g/mol. The van der Waals surface area contributed by atoms with Crippen molar-refractivity contribution >= 4 is 11.6 Å². The molecule has 0 fully saturated rings. The van der Waals surface area contributed by atoms with E-state index in [-0.39, 0.29) is 12.4 Å². The van der Waals surface area contributed by atoms with E-state index in [4.69, 9.17) is 11.6 Å². The van der Waals surface area contributed by atoms with Crippen LogP contribution in [0.15, 0.2) is 0 Å². The normalized spacial score (nSPS) is 11.2. The first-order chi connectivity index (χ1) is 6.62. The largest absolute Gasteiger partial charge is 1.00 e. The molecule has 0 aromatic heterocycles. The zero-order valence-corrected chi connectivity index (χ0v) is 12.1. The van der Waals surface area contributed by atoms with Crippen LogP contribution in [-0.4, -0.2) is 37.5 Å². The van der Waals surface area contributed by atoms with Gasteiger partial charge in [0.1, 0.15) is 0 Å². The molecular weight excluding hydrogens is 229 g/mol. The van der Waals surface area contributed by atoms with Gasteiger partial charge in [-0.3, -0.25) is 0 Å². The Bertz CT molecular complexity index is 127. The molecule has 0 N–H and O–H groups in total. The molecule has 0 amide bonds. The summed E-state index contributed by atoms with van der Waals surface area (Å²) in [7, 11) is 4.67. The van der Waals surface area contributed by atoms with E-state index in [0.717, 1.165) is 12.3 Å². The molecule has 0 aliphatic rings. The summed E-state index contributed by atoms with van der Waals surface area (Å²) < 4.78 is 1.17. The second-order valence-corrected chi connectivity index (χ2v) is 5.22. The van der Waals surface area contributed by atoms with Gasteiger partial charge in [0.2, 0.25) is 0 Å². The van der Waals surface area contributed by atoms with E-state index in [1.807, 2.05) is 0 Å². The summed E-state index contributed by atoms with van der Waals surface area (Å²) in [5.41, 5.74) is 0. The van der Waals surface area contributed by atoms with E-state index in [0.29, 0.717) is 0 Å². The van der Waals surface area contributed by atoms with Gasteiger partial charge in [-0.15, -0.1) is 11.6 Å². The van der Waals surface area contributed by atoms with Crippen LogP contribution in [0.4, 0.5) is 0 Å². The predicted molar refractivity (Wildman–Crippen MR) is 65.9 cm³/mol. The van der Waals surface area contributed by atoms with Gasteiger partial charge in [-0.2, -0.15) is 0 Å². The van der Waals surface area contributed by atoms with Crippen molar-refractivity contribution in [3.8, 4) is 0 Å². The van der Waals surface area contributed by atoms with Crippen LogP contribution in [0.5, 0.6) is 0 Å². The minimum absolute atomic E-state index is 0. The molecule has 0 bridgehead atoms. The highest BCUT2D eigenvalue weighted by Crippen LogP contribution is 2.07. The number of hydrogen-bond donors (Lipinski definition) is 0.